The van der Waals surface area contributed by atoms with Crippen LogP contribution in [0.4, 0.5) is 16.2 Å². The lowest BCUT2D eigenvalue weighted by Crippen LogP contribution is -2.15. The van der Waals surface area contributed by atoms with Gasteiger partial charge in [0.2, 0.25) is 0 Å². The van der Waals surface area contributed by atoms with Crippen LogP contribution >= 0.6 is 0 Å². The zero-order valence-corrected chi connectivity index (χ0v) is 16.4. The van der Waals surface area contributed by atoms with Crippen molar-refractivity contribution in [2.24, 2.45) is 0 Å². The summed E-state index contributed by atoms with van der Waals surface area (Å²) in [6.07, 6.45) is -0.491. The molecule has 150 valence electrons. The van der Waals surface area contributed by atoms with Crippen molar-refractivity contribution in [1.82, 2.24) is 0 Å². The van der Waals surface area contributed by atoms with Crippen LogP contribution in [-0.4, -0.2) is 33.7 Å². The lowest BCUT2D eigenvalue weighted by Gasteiger charge is -2.10. The molecule has 0 aromatic heterocycles. The topological polar surface area (TPSA) is 111 Å². The summed E-state index contributed by atoms with van der Waals surface area (Å²) in [7, 11) is -3.80. The summed E-state index contributed by atoms with van der Waals surface area (Å²) in [6.45, 7) is 3.96. The fraction of sp³-hybridized carbons (Fsp3) is 0.263. The van der Waals surface area contributed by atoms with Crippen LogP contribution in [0.2, 0.25) is 0 Å². The van der Waals surface area contributed by atoms with Gasteiger partial charge >= 0.3 is 12.1 Å². The van der Waals surface area contributed by atoms with E-state index in [1.165, 1.54) is 24.3 Å². The number of amides is 1. The molecule has 0 unspecified atom stereocenters. The summed E-state index contributed by atoms with van der Waals surface area (Å²) in [5.74, 6) is -0.340. The Morgan fingerprint density at radius 1 is 0.857 bits per heavy atom. The second-order valence-corrected chi connectivity index (χ2v) is 7.34. The Labute approximate surface area is 163 Å². The molecule has 2 rings (SSSR count). The average molecular weight is 406 g/mol. The highest BCUT2D eigenvalue weighted by Gasteiger charge is 2.15. The second kappa shape index (κ2) is 9.75. The number of benzene rings is 2. The van der Waals surface area contributed by atoms with Crippen molar-refractivity contribution in [2.75, 3.05) is 23.3 Å². The van der Waals surface area contributed by atoms with Gasteiger partial charge in [-0.3, -0.25) is 14.8 Å². The molecule has 0 radical (unpaired) electrons. The van der Waals surface area contributed by atoms with Crippen molar-refractivity contribution >= 4 is 33.5 Å². The number of ether oxygens (including phenoxy) is 2. The molecule has 2 N–H and O–H groups in total. The zero-order valence-electron chi connectivity index (χ0n) is 15.6. The van der Waals surface area contributed by atoms with Gasteiger partial charge in [0.05, 0.1) is 24.5 Å². The molecule has 2 aromatic carbocycles. The number of anilines is 2. The average Bonchev–Trinajstić information content (AvgIpc) is 2.64. The predicted molar refractivity (Wildman–Crippen MR) is 105 cm³/mol. The van der Waals surface area contributed by atoms with E-state index >= 15 is 0 Å². The minimum Gasteiger partial charge on any atom is -0.466 e. The molecule has 0 aliphatic carbocycles. The number of esters is 1. The van der Waals surface area contributed by atoms with Crippen molar-refractivity contribution in [2.45, 2.75) is 25.2 Å². The van der Waals surface area contributed by atoms with Gasteiger partial charge in [0, 0.05) is 11.4 Å². The summed E-state index contributed by atoms with van der Waals surface area (Å²) in [5, 5.41) is 2.49. The van der Waals surface area contributed by atoms with E-state index < -0.39 is 16.1 Å². The maximum absolute atomic E-state index is 12.5. The fourth-order valence-corrected chi connectivity index (χ4v) is 3.34. The van der Waals surface area contributed by atoms with Gasteiger partial charge in [0.15, 0.2) is 0 Å². The third-order valence-electron chi connectivity index (χ3n) is 3.55. The number of nitrogens with one attached hydrogen (secondary N) is 2. The number of carbonyl (C=O) groups excluding carboxylic acids is 2. The molecule has 0 aliphatic heterocycles. The molecular weight excluding hydrogens is 384 g/mol. The van der Waals surface area contributed by atoms with Crippen molar-refractivity contribution in [3.05, 3.63) is 54.1 Å². The first-order valence-electron chi connectivity index (χ1n) is 8.65. The largest absolute Gasteiger partial charge is 0.466 e. The molecular formula is C19H22N2O6S. The Hall–Kier alpha value is -3.07. The molecule has 0 atom stereocenters. The van der Waals surface area contributed by atoms with Gasteiger partial charge in [-0.05, 0) is 55.8 Å². The van der Waals surface area contributed by atoms with Crippen LogP contribution in [0.1, 0.15) is 19.4 Å². The minimum atomic E-state index is -3.80. The Morgan fingerprint density at radius 3 is 2.00 bits per heavy atom. The van der Waals surface area contributed by atoms with E-state index in [9.17, 15) is 18.0 Å². The molecule has 8 nitrogen and oxygen atoms in total. The standard InChI is InChI=1S/C19H22N2O6S/c1-3-26-18(22)13-14-5-7-16(8-6-14)21-28(24,25)17-11-9-15(10-12-17)20-19(23)27-4-2/h5-12,21H,3-4,13H2,1-2H3,(H,20,23). The van der Waals surface area contributed by atoms with Gasteiger partial charge in [0.1, 0.15) is 0 Å². The Morgan fingerprint density at radius 2 is 1.43 bits per heavy atom. The van der Waals surface area contributed by atoms with Gasteiger partial charge in [-0.25, -0.2) is 13.2 Å². The van der Waals surface area contributed by atoms with Crippen molar-refractivity contribution < 1.29 is 27.5 Å². The smallest absolute Gasteiger partial charge is 0.411 e. The van der Waals surface area contributed by atoms with Gasteiger partial charge in [-0.15, -0.1) is 0 Å². The van der Waals surface area contributed by atoms with Crippen LogP contribution in [0.25, 0.3) is 0 Å². The number of rotatable bonds is 8. The maximum Gasteiger partial charge on any atom is 0.411 e. The van der Waals surface area contributed by atoms with E-state index in [2.05, 4.69) is 10.0 Å². The molecule has 28 heavy (non-hydrogen) atoms. The van der Waals surface area contributed by atoms with Crippen LogP contribution in [0.5, 0.6) is 0 Å². The first-order chi connectivity index (χ1) is 13.3. The van der Waals surface area contributed by atoms with Gasteiger partial charge in [-0.2, -0.15) is 0 Å². The third-order valence-corrected chi connectivity index (χ3v) is 4.94. The predicted octanol–water partition coefficient (Wildman–Crippen LogP) is 3.16. The van der Waals surface area contributed by atoms with Crippen molar-refractivity contribution in [3.63, 3.8) is 0 Å². The molecule has 0 spiro atoms. The summed E-state index contributed by atoms with van der Waals surface area (Å²) in [5.41, 5.74) is 1.50. The van der Waals surface area contributed by atoms with E-state index in [1.54, 1.807) is 38.1 Å². The first-order valence-corrected chi connectivity index (χ1v) is 10.1. The quantitative estimate of drug-likeness (QED) is 0.652. The Bertz CT molecular complexity index is 908. The van der Waals surface area contributed by atoms with Crippen LogP contribution in [0.3, 0.4) is 0 Å². The summed E-state index contributed by atoms with van der Waals surface area (Å²) in [6, 6.07) is 12.1. The highest BCUT2D eigenvalue weighted by molar-refractivity contribution is 7.92. The molecule has 0 heterocycles. The normalized spacial score (nSPS) is 10.8. The highest BCUT2D eigenvalue weighted by Crippen LogP contribution is 2.19. The van der Waals surface area contributed by atoms with Gasteiger partial charge < -0.3 is 9.47 Å². The summed E-state index contributed by atoms with van der Waals surface area (Å²) >= 11 is 0. The lowest BCUT2D eigenvalue weighted by atomic mass is 10.1. The molecule has 0 fully saturated rings. The highest BCUT2D eigenvalue weighted by atomic mass is 32.2. The summed E-state index contributed by atoms with van der Waals surface area (Å²) in [4.78, 5) is 22.9. The van der Waals surface area contributed by atoms with Crippen molar-refractivity contribution in [1.29, 1.82) is 0 Å². The van der Waals surface area contributed by atoms with E-state index in [-0.39, 0.29) is 23.9 Å². The van der Waals surface area contributed by atoms with Gasteiger partial charge in [0.25, 0.3) is 10.0 Å². The van der Waals surface area contributed by atoms with Crippen LogP contribution in [0.15, 0.2) is 53.4 Å². The second-order valence-electron chi connectivity index (χ2n) is 5.65. The number of hydrogen-bond donors (Lipinski definition) is 2. The third kappa shape index (κ3) is 6.27. The van der Waals surface area contributed by atoms with E-state index in [4.69, 9.17) is 9.47 Å². The fourth-order valence-electron chi connectivity index (χ4n) is 2.29. The first kappa shape index (κ1) is 21.2. The van der Waals surface area contributed by atoms with Gasteiger partial charge in [-0.1, -0.05) is 12.1 Å². The van der Waals surface area contributed by atoms with E-state index in [0.717, 1.165) is 5.56 Å². The Balaban J connectivity index is 2.02. The molecule has 2 aromatic rings. The zero-order chi connectivity index (χ0) is 20.6. The monoisotopic (exact) mass is 406 g/mol. The molecule has 0 bridgehead atoms. The number of sulfonamides is 1. The van der Waals surface area contributed by atoms with Crippen LogP contribution < -0.4 is 10.0 Å². The van der Waals surface area contributed by atoms with Crippen molar-refractivity contribution in [3.8, 4) is 0 Å². The maximum atomic E-state index is 12.5. The SMILES string of the molecule is CCOC(=O)Cc1ccc(NS(=O)(=O)c2ccc(NC(=O)OCC)cc2)cc1. The molecule has 9 heteroatoms. The number of carbonyl (C=O) groups is 2. The molecule has 0 saturated heterocycles. The Kier molecular flexibility index (Phi) is 7.39. The van der Waals surface area contributed by atoms with Crippen LogP contribution in [0, 0.1) is 0 Å². The molecule has 0 saturated carbocycles. The lowest BCUT2D eigenvalue weighted by molar-refractivity contribution is -0.142. The number of hydrogen-bond acceptors (Lipinski definition) is 6. The van der Waals surface area contributed by atoms with E-state index in [0.29, 0.717) is 18.0 Å². The molecule has 0 aliphatic rings. The van der Waals surface area contributed by atoms with E-state index in [1.807, 2.05) is 0 Å². The summed E-state index contributed by atoms with van der Waals surface area (Å²) < 4.78 is 37.1. The minimum absolute atomic E-state index is 0.0394. The molecule has 1 amide bonds. The van der Waals surface area contributed by atoms with Crippen LogP contribution in [-0.2, 0) is 30.7 Å².